The third kappa shape index (κ3) is 5.49. The molecule has 0 amide bonds. The summed E-state index contributed by atoms with van der Waals surface area (Å²) >= 11 is 6.56. The van der Waals surface area contributed by atoms with Gasteiger partial charge in [-0.3, -0.25) is 4.90 Å². The Balaban J connectivity index is 1.78. The molecule has 31 heavy (non-hydrogen) atoms. The summed E-state index contributed by atoms with van der Waals surface area (Å²) in [6, 6.07) is 3.38. The lowest BCUT2D eigenvalue weighted by molar-refractivity contribution is 0.268. The Morgan fingerprint density at radius 2 is 1.90 bits per heavy atom. The van der Waals surface area contributed by atoms with Gasteiger partial charge in [-0.1, -0.05) is 31.5 Å². The van der Waals surface area contributed by atoms with Gasteiger partial charge in [0.25, 0.3) is 0 Å². The summed E-state index contributed by atoms with van der Waals surface area (Å²) < 4.78 is 39.2. The van der Waals surface area contributed by atoms with E-state index in [2.05, 4.69) is 19.8 Å². The van der Waals surface area contributed by atoms with E-state index in [0.717, 1.165) is 30.7 Å². The molecule has 0 aliphatic carbocycles. The lowest BCUT2D eigenvalue weighted by Gasteiger charge is -2.23. The number of nitrogens with one attached hydrogen (secondary N) is 1. The van der Waals surface area contributed by atoms with Crippen molar-refractivity contribution in [2.24, 2.45) is 5.92 Å². The van der Waals surface area contributed by atoms with Crippen LogP contribution >= 0.6 is 11.6 Å². The largest absolute Gasteiger partial charge is 0.493 e. The van der Waals surface area contributed by atoms with Gasteiger partial charge >= 0.3 is 0 Å². The van der Waals surface area contributed by atoms with Crippen molar-refractivity contribution in [2.75, 3.05) is 33.6 Å². The quantitative estimate of drug-likeness (QED) is 0.630. The van der Waals surface area contributed by atoms with E-state index in [9.17, 15) is 8.42 Å². The average Bonchev–Trinajstić information content (AvgIpc) is 3.00. The summed E-state index contributed by atoms with van der Waals surface area (Å²) in [5.41, 5.74) is 0.955. The first-order valence-electron chi connectivity index (χ1n) is 10.2. The van der Waals surface area contributed by atoms with Crippen LogP contribution in [0.1, 0.15) is 37.1 Å². The van der Waals surface area contributed by atoms with Gasteiger partial charge in [0.2, 0.25) is 10.0 Å². The minimum Gasteiger partial charge on any atom is -0.493 e. The maximum atomic E-state index is 11.9. The molecule has 1 unspecified atom stereocenters. The number of sulfonamides is 1. The minimum absolute atomic E-state index is 0.0351. The predicted octanol–water partition coefficient (Wildman–Crippen LogP) is 2.25. The fraction of sp³-hybridized carbons (Fsp3) is 0.600. The highest BCUT2D eigenvalue weighted by Crippen LogP contribution is 2.37. The molecule has 3 rings (SSSR count). The number of benzene rings is 1. The topological polar surface area (TPSA) is 98.6 Å². The molecular formula is C20H30ClN5O4S. The smallest absolute Gasteiger partial charge is 0.209 e. The van der Waals surface area contributed by atoms with Crippen molar-refractivity contribution in [3.63, 3.8) is 0 Å². The van der Waals surface area contributed by atoms with Gasteiger partial charge in [0, 0.05) is 32.6 Å². The van der Waals surface area contributed by atoms with Gasteiger partial charge in [-0.15, -0.1) is 10.2 Å². The molecule has 0 bridgehead atoms. The van der Waals surface area contributed by atoms with Crippen LogP contribution in [0.4, 0.5) is 0 Å². The SMILES string of the molecule is COc1ccc(CN2CCc3nnc(C(NS(C)(=O)=O)C(C)C)n3CC2)c(Cl)c1OC. The van der Waals surface area contributed by atoms with E-state index in [1.54, 1.807) is 14.2 Å². The van der Waals surface area contributed by atoms with Crippen LogP contribution in [0, 0.1) is 5.92 Å². The highest BCUT2D eigenvalue weighted by Gasteiger charge is 2.28. The Hall–Kier alpha value is -1.88. The monoisotopic (exact) mass is 471 g/mol. The maximum absolute atomic E-state index is 11.9. The number of halogens is 1. The van der Waals surface area contributed by atoms with Crippen LogP contribution in [0.5, 0.6) is 11.5 Å². The molecule has 1 atom stereocenters. The zero-order valence-electron chi connectivity index (χ0n) is 18.6. The molecule has 172 valence electrons. The van der Waals surface area contributed by atoms with E-state index in [4.69, 9.17) is 21.1 Å². The minimum atomic E-state index is -3.38. The molecule has 1 N–H and O–H groups in total. The first kappa shape index (κ1) is 23.8. The van der Waals surface area contributed by atoms with Gasteiger partial charge in [-0.2, -0.15) is 0 Å². The Morgan fingerprint density at radius 3 is 2.52 bits per heavy atom. The Bertz CT molecular complexity index is 1020. The number of methoxy groups -OCH3 is 2. The van der Waals surface area contributed by atoms with Gasteiger partial charge in [0.1, 0.15) is 5.82 Å². The van der Waals surface area contributed by atoms with Crippen LogP contribution < -0.4 is 14.2 Å². The van der Waals surface area contributed by atoms with Crippen molar-refractivity contribution in [2.45, 2.75) is 39.4 Å². The zero-order valence-corrected chi connectivity index (χ0v) is 20.1. The summed E-state index contributed by atoms with van der Waals surface area (Å²) in [5.74, 6) is 2.68. The van der Waals surface area contributed by atoms with Crippen LogP contribution in [0.15, 0.2) is 12.1 Å². The summed E-state index contributed by atoms with van der Waals surface area (Å²) in [6.45, 7) is 6.79. The molecule has 1 aliphatic heterocycles. The number of nitrogens with zero attached hydrogens (tertiary/aromatic N) is 4. The van der Waals surface area contributed by atoms with Crippen molar-refractivity contribution in [1.29, 1.82) is 0 Å². The van der Waals surface area contributed by atoms with Crippen molar-refractivity contribution in [3.8, 4) is 11.5 Å². The molecule has 11 heteroatoms. The molecule has 0 saturated carbocycles. The molecule has 1 aliphatic rings. The Morgan fingerprint density at radius 1 is 1.16 bits per heavy atom. The van der Waals surface area contributed by atoms with E-state index in [1.807, 2.05) is 30.5 Å². The van der Waals surface area contributed by atoms with E-state index >= 15 is 0 Å². The summed E-state index contributed by atoms with van der Waals surface area (Å²) in [5, 5.41) is 9.22. The molecular weight excluding hydrogens is 442 g/mol. The number of hydrogen-bond donors (Lipinski definition) is 1. The van der Waals surface area contributed by atoms with E-state index in [-0.39, 0.29) is 5.92 Å². The van der Waals surface area contributed by atoms with Crippen LogP contribution in [-0.4, -0.2) is 61.6 Å². The third-order valence-electron chi connectivity index (χ3n) is 5.39. The predicted molar refractivity (Wildman–Crippen MR) is 119 cm³/mol. The number of hydrogen-bond acceptors (Lipinski definition) is 7. The van der Waals surface area contributed by atoms with Crippen molar-refractivity contribution < 1.29 is 17.9 Å². The fourth-order valence-corrected chi connectivity index (χ4v) is 4.92. The van der Waals surface area contributed by atoms with Gasteiger partial charge in [0.05, 0.1) is 31.5 Å². The molecule has 1 aromatic carbocycles. The number of ether oxygens (including phenoxy) is 2. The van der Waals surface area contributed by atoms with Crippen molar-refractivity contribution in [1.82, 2.24) is 24.4 Å². The van der Waals surface area contributed by atoms with Crippen LogP contribution in [0.25, 0.3) is 0 Å². The van der Waals surface area contributed by atoms with Crippen molar-refractivity contribution >= 4 is 21.6 Å². The standard InChI is InChI=1S/C20H30ClN5O4S/c1-13(2)18(24-31(5,27)28)20-23-22-16-8-9-25(10-11-26(16)20)12-14-6-7-15(29-3)19(30-4)17(14)21/h6-7,13,18,24H,8-12H2,1-5H3. The van der Waals surface area contributed by atoms with Crippen LogP contribution in [-0.2, 0) is 29.5 Å². The van der Waals surface area contributed by atoms with Gasteiger partial charge < -0.3 is 14.0 Å². The van der Waals surface area contributed by atoms with Gasteiger partial charge in [-0.25, -0.2) is 13.1 Å². The summed E-state index contributed by atoms with van der Waals surface area (Å²) in [4.78, 5) is 2.29. The van der Waals surface area contributed by atoms with E-state index in [1.165, 1.54) is 0 Å². The molecule has 0 fully saturated rings. The lowest BCUT2D eigenvalue weighted by Crippen LogP contribution is -2.33. The molecule has 9 nitrogen and oxygen atoms in total. The molecule has 2 aromatic rings. The molecule has 0 radical (unpaired) electrons. The molecule has 0 spiro atoms. The van der Waals surface area contributed by atoms with Crippen molar-refractivity contribution in [3.05, 3.63) is 34.4 Å². The fourth-order valence-electron chi connectivity index (χ4n) is 3.79. The second-order valence-electron chi connectivity index (χ2n) is 8.04. The summed E-state index contributed by atoms with van der Waals surface area (Å²) in [6.07, 6.45) is 1.87. The van der Waals surface area contributed by atoms with Gasteiger partial charge in [0.15, 0.2) is 17.3 Å². The summed E-state index contributed by atoms with van der Waals surface area (Å²) in [7, 11) is -0.223. The zero-order chi connectivity index (χ0) is 22.8. The Labute approximate surface area is 188 Å². The third-order valence-corrected chi connectivity index (χ3v) is 6.49. The number of rotatable bonds is 8. The molecule has 0 saturated heterocycles. The number of aromatic nitrogens is 3. The highest BCUT2D eigenvalue weighted by molar-refractivity contribution is 7.88. The first-order chi connectivity index (χ1) is 14.6. The first-order valence-corrected chi connectivity index (χ1v) is 12.4. The molecule has 1 aromatic heterocycles. The molecule has 2 heterocycles. The van der Waals surface area contributed by atoms with Gasteiger partial charge in [-0.05, 0) is 17.5 Å². The lowest BCUT2D eigenvalue weighted by atomic mass is 10.1. The van der Waals surface area contributed by atoms with Crippen LogP contribution in [0.2, 0.25) is 5.02 Å². The van der Waals surface area contributed by atoms with E-state index < -0.39 is 16.1 Å². The second-order valence-corrected chi connectivity index (χ2v) is 10.2. The average molecular weight is 472 g/mol. The Kier molecular flexibility index (Phi) is 7.46. The number of fused-ring (bicyclic) bond motifs is 1. The van der Waals surface area contributed by atoms with Crippen LogP contribution in [0.3, 0.4) is 0 Å². The van der Waals surface area contributed by atoms with E-state index in [0.29, 0.717) is 41.9 Å². The second kappa shape index (κ2) is 9.72. The highest BCUT2D eigenvalue weighted by atomic mass is 35.5. The maximum Gasteiger partial charge on any atom is 0.209 e. The normalized spacial score (nSPS) is 16.1.